The van der Waals surface area contributed by atoms with Gasteiger partial charge in [0.25, 0.3) is 0 Å². The third-order valence-corrected chi connectivity index (χ3v) is 3.07. The number of methoxy groups -OCH3 is 1. The number of esters is 1. The van der Waals surface area contributed by atoms with E-state index in [1.54, 1.807) is 0 Å². The lowest BCUT2D eigenvalue weighted by molar-refractivity contribution is -0.134. The molecule has 0 saturated heterocycles. The Hall–Kier alpha value is -2.88. The molecule has 0 saturated carbocycles. The van der Waals surface area contributed by atoms with Crippen molar-refractivity contribution >= 4 is 23.3 Å². The topological polar surface area (TPSA) is 47.9 Å². The maximum atomic E-state index is 11.5. The molecular formula is C17H13NO3. The number of nitrogens with zero attached hydrogens (tertiary/aromatic N) is 1. The minimum Gasteiger partial charge on any atom is -0.466 e. The summed E-state index contributed by atoms with van der Waals surface area (Å²) in [5.41, 5.74) is 2.38. The first kappa shape index (κ1) is 13.1. The van der Waals surface area contributed by atoms with Gasteiger partial charge in [0.2, 0.25) is 5.90 Å². The van der Waals surface area contributed by atoms with E-state index in [1.807, 2.05) is 54.6 Å². The zero-order valence-electron chi connectivity index (χ0n) is 11.4. The van der Waals surface area contributed by atoms with Gasteiger partial charge in [0.15, 0.2) is 0 Å². The van der Waals surface area contributed by atoms with Crippen LogP contribution in [0, 0.1) is 0 Å². The molecule has 3 rings (SSSR count). The van der Waals surface area contributed by atoms with Gasteiger partial charge in [-0.25, -0.2) is 9.79 Å². The molecule has 0 radical (unpaired) electrons. The van der Waals surface area contributed by atoms with Crippen molar-refractivity contribution in [1.82, 2.24) is 0 Å². The second kappa shape index (κ2) is 5.63. The number of benzene rings is 2. The van der Waals surface area contributed by atoms with Crippen molar-refractivity contribution in [3.63, 3.8) is 0 Å². The van der Waals surface area contributed by atoms with Crippen LogP contribution in [0.1, 0.15) is 11.1 Å². The maximum absolute atomic E-state index is 11.5. The van der Waals surface area contributed by atoms with Gasteiger partial charge in [0.1, 0.15) is 5.76 Å². The number of hydrogen-bond acceptors (Lipinski definition) is 4. The average molecular weight is 279 g/mol. The largest absolute Gasteiger partial charge is 0.466 e. The number of aliphatic imine (C=N–C) groups is 1. The Morgan fingerprint density at radius 3 is 2.57 bits per heavy atom. The number of ether oxygens (including phenoxy) is 2. The van der Waals surface area contributed by atoms with Crippen LogP contribution in [0.2, 0.25) is 0 Å². The fourth-order valence-electron chi connectivity index (χ4n) is 2.05. The summed E-state index contributed by atoms with van der Waals surface area (Å²) in [6.07, 6.45) is 1.33. The van der Waals surface area contributed by atoms with Crippen LogP contribution in [0.15, 0.2) is 65.7 Å². The van der Waals surface area contributed by atoms with Crippen molar-refractivity contribution in [3.05, 3.63) is 71.8 Å². The molecule has 1 aliphatic rings. The molecule has 0 amide bonds. The lowest BCUT2D eigenvalue weighted by Gasteiger charge is -2.19. The van der Waals surface area contributed by atoms with E-state index in [-0.39, 0.29) is 0 Å². The molecule has 2 aromatic carbocycles. The molecule has 104 valence electrons. The number of rotatable bonds is 2. The van der Waals surface area contributed by atoms with E-state index in [2.05, 4.69) is 9.73 Å². The Morgan fingerprint density at radius 1 is 1.10 bits per heavy atom. The van der Waals surface area contributed by atoms with E-state index in [1.165, 1.54) is 13.2 Å². The van der Waals surface area contributed by atoms with E-state index < -0.39 is 5.97 Å². The standard InChI is InChI=1S/C17H13NO3/c1-20-16(19)11-15-13-9-5-6-10-14(13)18-17(21-15)12-7-3-2-4-8-12/h2-11H,1H3. The minimum absolute atomic E-state index is 0.436. The third-order valence-electron chi connectivity index (χ3n) is 3.07. The van der Waals surface area contributed by atoms with Crippen molar-refractivity contribution in [2.45, 2.75) is 0 Å². The van der Waals surface area contributed by atoms with Crippen molar-refractivity contribution < 1.29 is 14.3 Å². The molecular weight excluding hydrogens is 266 g/mol. The predicted molar refractivity (Wildman–Crippen MR) is 80.2 cm³/mol. The Labute approximate surface area is 122 Å². The lowest BCUT2D eigenvalue weighted by atomic mass is 10.1. The first-order valence-corrected chi connectivity index (χ1v) is 6.49. The third kappa shape index (κ3) is 2.69. The number of fused-ring (bicyclic) bond motifs is 1. The van der Waals surface area contributed by atoms with Crippen molar-refractivity contribution in [1.29, 1.82) is 0 Å². The summed E-state index contributed by atoms with van der Waals surface area (Å²) in [7, 11) is 1.33. The molecule has 0 fully saturated rings. The molecule has 1 aliphatic heterocycles. The van der Waals surface area contributed by atoms with Gasteiger partial charge in [-0.2, -0.15) is 0 Å². The Morgan fingerprint density at radius 2 is 1.81 bits per heavy atom. The first-order chi connectivity index (χ1) is 10.3. The number of carbonyl (C=O) groups excluding carboxylic acids is 1. The van der Waals surface area contributed by atoms with Crippen LogP contribution in [0.4, 0.5) is 5.69 Å². The molecule has 0 aliphatic carbocycles. The van der Waals surface area contributed by atoms with E-state index in [4.69, 9.17) is 4.74 Å². The Bertz CT molecular complexity index is 733. The number of carbonyl (C=O) groups is 1. The van der Waals surface area contributed by atoms with Gasteiger partial charge in [-0.05, 0) is 24.3 Å². The normalized spacial score (nSPS) is 14.9. The molecule has 4 heteroatoms. The Kier molecular flexibility index (Phi) is 3.51. The van der Waals surface area contributed by atoms with E-state index in [0.29, 0.717) is 11.7 Å². The number of hydrogen-bond donors (Lipinski definition) is 0. The number of para-hydroxylation sites is 1. The monoisotopic (exact) mass is 279 g/mol. The predicted octanol–water partition coefficient (Wildman–Crippen LogP) is 3.31. The van der Waals surface area contributed by atoms with E-state index in [0.717, 1.165) is 16.8 Å². The zero-order chi connectivity index (χ0) is 14.7. The van der Waals surface area contributed by atoms with Crippen molar-refractivity contribution in [2.75, 3.05) is 7.11 Å². The van der Waals surface area contributed by atoms with Crippen LogP contribution >= 0.6 is 0 Å². The Balaban J connectivity index is 2.09. The minimum atomic E-state index is -0.464. The molecule has 0 N–H and O–H groups in total. The lowest BCUT2D eigenvalue weighted by Crippen LogP contribution is -2.11. The van der Waals surface area contributed by atoms with Crippen LogP contribution in [0.5, 0.6) is 0 Å². The summed E-state index contributed by atoms with van der Waals surface area (Å²) in [5.74, 6) is 0.435. The van der Waals surface area contributed by atoms with Gasteiger partial charge in [0.05, 0.1) is 18.9 Å². The van der Waals surface area contributed by atoms with Crippen molar-refractivity contribution in [2.24, 2.45) is 4.99 Å². The summed E-state index contributed by atoms with van der Waals surface area (Å²) in [6, 6.07) is 17.1. The van der Waals surface area contributed by atoms with Gasteiger partial charge in [0, 0.05) is 11.1 Å². The molecule has 0 unspecified atom stereocenters. The second-order valence-corrected chi connectivity index (χ2v) is 4.43. The fourth-order valence-corrected chi connectivity index (χ4v) is 2.05. The highest BCUT2D eigenvalue weighted by Gasteiger charge is 2.20. The van der Waals surface area contributed by atoms with Gasteiger partial charge in [-0.15, -0.1) is 0 Å². The summed E-state index contributed by atoms with van der Waals surface area (Å²) in [6.45, 7) is 0. The van der Waals surface area contributed by atoms with E-state index in [9.17, 15) is 4.79 Å². The molecule has 1 heterocycles. The van der Waals surface area contributed by atoms with Gasteiger partial charge in [-0.3, -0.25) is 0 Å². The molecule has 21 heavy (non-hydrogen) atoms. The second-order valence-electron chi connectivity index (χ2n) is 4.43. The highest BCUT2D eigenvalue weighted by molar-refractivity contribution is 6.04. The maximum Gasteiger partial charge on any atom is 0.334 e. The quantitative estimate of drug-likeness (QED) is 0.626. The molecule has 4 nitrogen and oxygen atoms in total. The van der Waals surface area contributed by atoms with Crippen LogP contribution < -0.4 is 0 Å². The fraction of sp³-hybridized carbons (Fsp3) is 0.0588. The van der Waals surface area contributed by atoms with Gasteiger partial charge < -0.3 is 9.47 Å². The highest BCUT2D eigenvalue weighted by atomic mass is 16.5. The summed E-state index contributed by atoms with van der Waals surface area (Å²) >= 11 is 0. The van der Waals surface area contributed by atoms with Gasteiger partial charge >= 0.3 is 5.97 Å². The van der Waals surface area contributed by atoms with E-state index >= 15 is 0 Å². The zero-order valence-corrected chi connectivity index (χ0v) is 11.4. The molecule has 0 aromatic heterocycles. The van der Waals surface area contributed by atoms with Gasteiger partial charge in [-0.1, -0.05) is 30.3 Å². The summed E-state index contributed by atoms with van der Waals surface area (Å²) in [4.78, 5) is 16.0. The first-order valence-electron chi connectivity index (χ1n) is 6.49. The van der Waals surface area contributed by atoms with Crippen LogP contribution in [-0.2, 0) is 14.3 Å². The summed E-state index contributed by atoms with van der Waals surface area (Å²) < 4.78 is 10.5. The van der Waals surface area contributed by atoms with Crippen LogP contribution in [0.25, 0.3) is 5.76 Å². The smallest absolute Gasteiger partial charge is 0.334 e. The molecule has 2 aromatic rings. The molecule has 0 bridgehead atoms. The van der Waals surface area contributed by atoms with Crippen LogP contribution in [-0.4, -0.2) is 19.0 Å². The SMILES string of the molecule is COC(=O)C=C1OC(c2ccccc2)=Nc2ccccc21. The van der Waals surface area contributed by atoms with Crippen molar-refractivity contribution in [3.8, 4) is 0 Å². The molecule has 0 spiro atoms. The summed E-state index contributed by atoms with van der Waals surface area (Å²) in [5, 5.41) is 0. The molecule has 0 atom stereocenters. The van der Waals surface area contributed by atoms with Crippen LogP contribution in [0.3, 0.4) is 0 Å². The average Bonchev–Trinajstić information content (AvgIpc) is 2.55. The highest BCUT2D eigenvalue weighted by Crippen LogP contribution is 2.33.